The summed E-state index contributed by atoms with van der Waals surface area (Å²) in [5.41, 5.74) is 0. The van der Waals surface area contributed by atoms with E-state index in [2.05, 4.69) is 15.3 Å². The molecule has 0 amide bonds. The summed E-state index contributed by atoms with van der Waals surface area (Å²) < 4.78 is 47.1. The minimum atomic E-state index is -4.44. The first-order valence-electron chi connectivity index (χ1n) is 6.21. The van der Waals surface area contributed by atoms with Gasteiger partial charge in [-0.05, 0) is 13.3 Å². The number of nitrogens with one attached hydrogen (secondary N) is 1. The van der Waals surface area contributed by atoms with Gasteiger partial charge in [-0.25, -0.2) is 4.98 Å². The maximum atomic E-state index is 12.5. The zero-order chi connectivity index (χ0) is 15.2. The summed E-state index contributed by atoms with van der Waals surface area (Å²) in [5, 5.41) is 2.98. The van der Waals surface area contributed by atoms with Crippen LogP contribution in [0.25, 0.3) is 0 Å². The Labute approximate surface area is 115 Å². The second-order valence-corrected chi connectivity index (χ2v) is 4.17. The number of hydrogen-bond acceptors (Lipinski definition) is 5. The molecule has 0 fully saturated rings. The number of alkyl halides is 3. The van der Waals surface area contributed by atoms with E-state index in [4.69, 9.17) is 9.47 Å². The number of nitrogens with zero attached hydrogens (tertiary/aromatic N) is 2. The smallest absolute Gasteiger partial charge is 0.425 e. The predicted molar refractivity (Wildman–Crippen MR) is 67.7 cm³/mol. The number of aromatic nitrogens is 2. The van der Waals surface area contributed by atoms with E-state index in [-0.39, 0.29) is 18.3 Å². The lowest BCUT2D eigenvalue weighted by atomic mass is 10.4. The summed E-state index contributed by atoms with van der Waals surface area (Å²) in [4.78, 5) is 8.01. The van der Waals surface area contributed by atoms with Crippen LogP contribution in [0, 0.1) is 0 Å². The normalized spacial score (nSPS) is 13.1. The Hall–Kier alpha value is -1.57. The highest BCUT2D eigenvalue weighted by Gasteiger charge is 2.38. The molecule has 1 atom stereocenters. The quantitative estimate of drug-likeness (QED) is 0.837. The van der Waals surface area contributed by atoms with E-state index in [0.717, 1.165) is 13.3 Å². The highest BCUT2D eigenvalue weighted by Crippen LogP contribution is 2.25. The Balaban J connectivity index is 2.90. The van der Waals surface area contributed by atoms with E-state index in [1.807, 2.05) is 6.92 Å². The number of anilines is 1. The molecule has 5 nitrogen and oxygen atoms in total. The molecule has 8 heteroatoms. The second-order valence-electron chi connectivity index (χ2n) is 4.17. The fraction of sp³-hybridized carbons (Fsp3) is 0.667. The third-order valence-corrected chi connectivity index (χ3v) is 2.34. The lowest BCUT2D eigenvalue weighted by Crippen LogP contribution is -2.31. The molecule has 20 heavy (non-hydrogen) atoms. The van der Waals surface area contributed by atoms with Gasteiger partial charge in [-0.3, -0.25) is 0 Å². The Morgan fingerprint density at radius 3 is 2.60 bits per heavy atom. The molecule has 0 aliphatic rings. The molecular formula is C12H18F3N3O2. The summed E-state index contributed by atoms with van der Waals surface area (Å²) in [7, 11) is 1.45. The van der Waals surface area contributed by atoms with Gasteiger partial charge in [0.05, 0.1) is 0 Å². The number of ether oxygens (including phenoxy) is 2. The van der Waals surface area contributed by atoms with Crippen LogP contribution in [-0.2, 0) is 11.3 Å². The molecule has 1 heterocycles. The van der Waals surface area contributed by atoms with Gasteiger partial charge in [0.25, 0.3) is 0 Å². The lowest BCUT2D eigenvalue weighted by molar-refractivity contribution is -0.190. The summed E-state index contributed by atoms with van der Waals surface area (Å²) in [6.07, 6.45) is -5.52. The molecule has 1 aromatic rings. The van der Waals surface area contributed by atoms with Gasteiger partial charge in [0, 0.05) is 19.7 Å². The molecule has 0 radical (unpaired) electrons. The second kappa shape index (κ2) is 7.28. The van der Waals surface area contributed by atoms with Crippen molar-refractivity contribution in [2.45, 2.75) is 39.2 Å². The molecule has 1 unspecified atom stereocenters. The molecule has 114 valence electrons. The van der Waals surface area contributed by atoms with Crippen LogP contribution >= 0.6 is 0 Å². The van der Waals surface area contributed by atoms with Crippen LogP contribution < -0.4 is 10.1 Å². The van der Waals surface area contributed by atoms with E-state index < -0.39 is 12.3 Å². The van der Waals surface area contributed by atoms with Crippen molar-refractivity contribution in [1.29, 1.82) is 0 Å². The van der Waals surface area contributed by atoms with Crippen LogP contribution in [0.4, 0.5) is 19.0 Å². The van der Waals surface area contributed by atoms with Crippen molar-refractivity contribution in [3.8, 4) is 5.88 Å². The van der Waals surface area contributed by atoms with Crippen LogP contribution in [-0.4, -0.2) is 35.9 Å². The fourth-order valence-electron chi connectivity index (χ4n) is 1.32. The van der Waals surface area contributed by atoms with E-state index in [9.17, 15) is 13.2 Å². The third kappa shape index (κ3) is 5.20. The zero-order valence-electron chi connectivity index (χ0n) is 11.6. The van der Waals surface area contributed by atoms with Gasteiger partial charge in [0.2, 0.25) is 5.88 Å². The van der Waals surface area contributed by atoms with Crippen LogP contribution in [0.1, 0.15) is 26.1 Å². The molecule has 0 bridgehead atoms. The van der Waals surface area contributed by atoms with Crippen LogP contribution in [0.3, 0.4) is 0 Å². The van der Waals surface area contributed by atoms with Gasteiger partial charge in [-0.2, -0.15) is 18.2 Å². The average Bonchev–Trinajstić information content (AvgIpc) is 2.35. The molecule has 0 aromatic carbocycles. The summed E-state index contributed by atoms with van der Waals surface area (Å²) in [6, 6.07) is 1.34. The zero-order valence-corrected chi connectivity index (χ0v) is 11.6. The van der Waals surface area contributed by atoms with Crippen molar-refractivity contribution in [1.82, 2.24) is 9.97 Å². The Kier molecular flexibility index (Phi) is 6.00. The first kappa shape index (κ1) is 16.5. The Morgan fingerprint density at radius 1 is 1.35 bits per heavy atom. The van der Waals surface area contributed by atoms with Crippen molar-refractivity contribution in [2.75, 3.05) is 19.0 Å². The largest absolute Gasteiger partial charge is 0.465 e. The SMILES string of the molecule is CCCNc1cc(OC(C)C(F)(F)F)nc(COC)n1. The van der Waals surface area contributed by atoms with Crippen molar-refractivity contribution in [3.05, 3.63) is 11.9 Å². The third-order valence-electron chi connectivity index (χ3n) is 2.34. The molecule has 1 N–H and O–H groups in total. The van der Waals surface area contributed by atoms with Crippen molar-refractivity contribution in [2.24, 2.45) is 0 Å². The van der Waals surface area contributed by atoms with Crippen molar-refractivity contribution >= 4 is 5.82 Å². The van der Waals surface area contributed by atoms with Crippen LogP contribution in [0.15, 0.2) is 6.07 Å². The maximum absolute atomic E-state index is 12.5. The standard InChI is InChI=1S/C12H18F3N3O2/c1-4-5-16-9-6-11(18-10(17-9)7-19-3)20-8(2)12(13,14)15/h6,8H,4-5,7H2,1-3H3,(H,16,17,18). The molecule has 0 spiro atoms. The molecular weight excluding hydrogens is 275 g/mol. The highest BCUT2D eigenvalue weighted by molar-refractivity contribution is 5.38. The fourth-order valence-corrected chi connectivity index (χ4v) is 1.32. The minimum absolute atomic E-state index is 0.0956. The molecule has 0 saturated carbocycles. The van der Waals surface area contributed by atoms with E-state index >= 15 is 0 Å². The molecule has 0 aliphatic carbocycles. The van der Waals surface area contributed by atoms with Crippen LogP contribution in [0.5, 0.6) is 5.88 Å². The van der Waals surface area contributed by atoms with Gasteiger partial charge in [-0.15, -0.1) is 0 Å². The van der Waals surface area contributed by atoms with Gasteiger partial charge >= 0.3 is 6.18 Å². The van der Waals surface area contributed by atoms with E-state index in [0.29, 0.717) is 12.4 Å². The molecule has 0 aliphatic heterocycles. The maximum Gasteiger partial charge on any atom is 0.425 e. The number of rotatable bonds is 7. The van der Waals surface area contributed by atoms with Crippen molar-refractivity contribution in [3.63, 3.8) is 0 Å². The molecule has 1 aromatic heterocycles. The van der Waals surface area contributed by atoms with E-state index in [1.54, 1.807) is 0 Å². The number of methoxy groups -OCH3 is 1. The first-order valence-corrected chi connectivity index (χ1v) is 6.21. The Morgan fingerprint density at radius 2 is 2.05 bits per heavy atom. The summed E-state index contributed by atoms with van der Waals surface area (Å²) in [5.74, 6) is 0.548. The highest BCUT2D eigenvalue weighted by atomic mass is 19.4. The minimum Gasteiger partial charge on any atom is -0.465 e. The average molecular weight is 293 g/mol. The van der Waals surface area contributed by atoms with Gasteiger partial charge in [-0.1, -0.05) is 6.92 Å². The topological polar surface area (TPSA) is 56.3 Å². The monoisotopic (exact) mass is 293 g/mol. The summed E-state index contributed by atoms with van der Waals surface area (Å²) in [6.45, 7) is 3.64. The van der Waals surface area contributed by atoms with Crippen molar-refractivity contribution < 1.29 is 22.6 Å². The van der Waals surface area contributed by atoms with Gasteiger partial charge < -0.3 is 14.8 Å². The van der Waals surface area contributed by atoms with Gasteiger partial charge in [0.15, 0.2) is 11.9 Å². The van der Waals surface area contributed by atoms with Gasteiger partial charge in [0.1, 0.15) is 12.4 Å². The molecule has 0 saturated heterocycles. The number of hydrogen-bond donors (Lipinski definition) is 1. The first-order chi connectivity index (χ1) is 9.36. The lowest BCUT2D eigenvalue weighted by Gasteiger charge is -2.17. The summed E-state index contributed by atoms with van der Waals surface area (Å²) >= 11 is 0. The molecule has 1 rings (SSSR count). The Bertz CT molecular complexity index is 427. The number of halogens is 3. The van der Waals surface area contributed by atoms with Crippen LogP contribution in [0.2, 0.25) is 0 Å². The predicted octanol–water partition coefficient (Wildman–Crippen LogP) is 2.77. The van der Waals surface area contributed by atoms with E-state index in [1.165, 1.54) is 13.2 Å².